The van der Waals surface area contributed by atoms with Crippen LogP contribution in [-0.2, 0) is 11.3 Å². The molecule has 0 radical (unpaired) electrons. The highest BCUT2D eigenvalue weighted by molar-refractivity contribution is 6.35. The first kappa shape index (κ1) is 21.2. The summed E-state index contributed by atoms with van der Waals surface area (Å²) in [6, 6.07) is 10.9. The number of hydrogen-bond acceptors (Lipinski definition) is 5. The number of rotatable bonds is 7. The molecule has 2 aromatic heterocycles. The van der Waals surface area contributed by atoms with Gasteiger partial charge in [0.1, 0.15) is 5.75 Å². The molecule has 31 heavy (non-hydrogen) atoms. The van der Waals surface area contributed by atoms with Crippen LogP contribution in [0.25, 0.3) is 33.7 Å². The van der Waals surface area contributed by atoms with Crippen molar-refractivity contribution in [3.63, 3.8) is 0 Å². The average Bonchev–Trinajstić information content (AvgIpc) is 3.33. The summed E-state index contributed by atoms with van der Waals surface area (Å²) in [5, 5.41) is 14.8. The van der Waals surface area contributed by atoms with Crippen molar-refractivity contribution in [2.45, 2.75) is 32.9 Å². The van der Waals surface area contributed by atoms with E-state index in [2.05, 4.69) is 10.1 Å². The van der Waals surface area contributed by atoms with Gasteiger partial charge < -0.3 is 18.9 Å². The molecule has 160 valence electrons. The fraction of sp³-hybridized carbons (Fsp3) is 0.227. The molecule has 0 aliphatic heterocycles. The highest BCUT2D eigenvalue weighted by Crippen LogP contribution is 2.33. The first-order chi connectivity index (χ1) is 14.8. The lowest BCUT2D eigenvalue weighted by atomic mass is 10.1. The van der Waals surface area contributed by atoms with Gasteiger partial charge in [-0.05, 0) is 50.2 Å². The second-order valence-corrected chi connectivity index (χ2v) is 8.10. The van der Waals surface area contributed by atoms with E-state index in [9.17, 15) is 4.79 Å². The molecule has 0 unspecified atom stereocenters. The van der Waals surface area contributed by atoms with E-state index in [1.165, 1.54) is 0 Å². The Morgan fingerprint density at radius 1 is 1.16 bits per heavy atom. The number of ether oxygens (including phenoxy) is 1. The van der Waals surface area contributed by atoms with Crippen LogP contribution in [-0.4, -0.2) is 31.9 Å². The molecule has 0 saturated carbocycles. The van der Waals surface area contributed by atoms with Gasteiger partial charge in [0.2, 0.25) is 5.82 Å². The quantitative estimate of drug-likeness (QED) is 0.368. The first-order valence-electron chi connectivity index (χ1n) is 9.62. The lowest BCUT2D eigenvalue weighted by molar-refractivity contribution is -0.137. The number of aliphatic carboxylic acids is 1. The van der Waals surface area contributed by atoms with E-state index in [1.54, 1.807) is 18.3 Å². The largest absolute Gasteiger partial charge is 0.489 e. The molecule has 0 bridgehead atoms. The van der Waals surface area contributed by atoms with E-state index in [4.69, 9.17) is 37.6 Å². The van der Waals surface area contributed by atoms with Crippen molar-refractivity contribution in [1.29, 1.82) is 0 Å². The van der Waals surface area contributed by atoms with Crippen molar-refractivity contribution in [1.82, 2.24) is 14.7 Å². The summed E-state index contributed by atoms with van der Waals surface area (Å²) in [6.45, 7) is 4.19. The number of aromatic nitrogens is 3. The summed E-state index contributed by atoms with van der Waals surface area (Å²) in [7, 11) is 0. The standard InChI is InChI=1S/C22H19Cl2N3O4/c1-12(2)30-19-6-4-14(10-16(19)23)22-25-21(26-31-22)13-3-5-18-15(9-13)17(24)11-27(18)8-7-20(28)29/h3-6,9-12H,7-8H2,1-2H3,(H,28,29). The second kappa shape index (κ2) is 8.61. The minimum absolute atomic E-state index is 0.0130. The third kappa shape index (κ3) is 4.52. The Bertz CT molecular complexity index is 1260. The van der Waals surface area contributed by atoms with Gasteiger partial charge in [-0.25, -0.2) is 0 Å². The van der Waals surface area contributed by atoms with Crippen molar-refractivity contribution in [2.24, 2.45) is 0 Å². The molecule has 2 aromatic carbocycles. The monoisotopic (exact) mass is 459 g/mol. The Kier molecular flexibility index (Phi) is 5.89. The Balaban J connectivity index is 1.62. The van der Waals surface area contributed by atoms with Crippen LogP contribution in [0.1, 0.15) is 20.3 Å². The Hall–Kier alpha value is -3.03. The molecular weight excluding hydrogens is 441 g/mol. The van der Waals surface area contributed by atoms with Crippen LogP contribution in [0.2, 0.25) is 10.0 Å². The lowest BCUT2D eigenvalue weighted by Gasteiger charge is -2.11. The Morgan fingerprint density at radius 2 is 1.94 bits per heavy atom. The Labute approximate surface area is 188 Å². The summed E-state index contributed by atoms with van der Waals surface area (Å²) in [5.41, 5.74) is 2.25. The SMILES string of the molecule is CC(C)Oc1ccc(-c2nc(-c3ccc4c(c3)c(Cl)cn4CCC(=O)O)no2)cc1Cl. The molecule has 0 amide bonds. The number of fused-ring (bicyclic) bond motifs is 1. The number of aryl methyl sites for hydroxylation is 1. The fourth-order valence-corrected chi connectivity index (χ4v) is 3.73. The number of benzene rings is 2. The molecule has 0 aliphatic rings. The topological polar surface area (TPSA) is 90.4 Å². The molecule has 0 spiro atoms. The maximum atomic E-state index is 10.9. The minimum Gasteiger partial charge on any atom is -0.489 e. The van der Waals surface area contributed by atoms with Gasteiger partial charge in [0.15, 0.2) is 0 Å². The van der Waals surface area contributed by atoms with E-state index in [1.807, 2.05) is 42.7 Å². The smallest absolute Gasteiger partial charge is 0.305 e. The van der Waals surface area contributed by atoms with E-state index in [-0.39, 0.29) is 12.5 Å². The molecule has 4 aromatic rings. The number of nitrogens with zero attached hydrogens (tertiary/aromatic N) is 3. The third-order valence-electron chi connectivity index (χ3n) is 4.62. The molecule has 0 atom stereocenters. The summed E-state index contributed by atoms with van der Waals surface area (Å²) in [6.07, 6.45) is 1.75. The number of carboxylic acids is 1. The maximum absolute atomic E-state index is 10.9. The van der Waals surface area contributed by atoms with Crippen LogP contribution in [0, 0.1) is 0 Å². The van der Waals surface area contributed by atoms with Gasteiger partial charge in [0.25, 0.3) is 5.89 Å². The van der Waals surface area contributed by atoms with Gasteiger partial charge in [-0.15, -0.1) is 0 Å². The zero-order valence-corrected chi connectivity index (χ0v) is 18.3. The van der Waals surface area contributed by atoms with Crippen LogP contribution >= 0.6 is 23.2 Å². The van der Waals surface area contributed by atoms with E-state index < -0.39 is 5.97 Å². The fourth-order valence-electron chi connectivity index (χ4n) is 3.24. The molecular formula is C22H19Cl2N3O4. The van der Waals surface area contributed by atoms with Gasteiger partial charge >= 0.3 is 5.97 Å². The van der Waals surface area contributed by atoms with Gasteiger partial charge in [-0.1, -0.05) is 28.4 Å². The highest BCUT2D eigenvalue weighted by Gasteiger charge is 2.15. The van der Waals surface area contributed by atoms with Crippen LogP contribution in [0.4, 0.5) is 0 Å². The molecule has 4 rings (SSSR count). The van der Waals surface area contributed by atoms with Crippen molar-refractivity contribution < 1.29 is 19.2 Å². The lowest BCUT2D eigenvalue weighted by Crippen LogP contribution is -2.05. The molecule has 0 saturated heterocycles. The maximum Gasteiger partial charge on any atom is 0.305 e. The number of hydrogen-bond donors (Lipinski definition) is 1. The normalized spacial score (nSPS) is 11.4. The third-order valence-corrected chi connectivity index (χ3v) is 5.22. The van der Waals surface area contributed by atoms with Gasteiger partial charge in [0.05, 0.1) is 22.6 Å². The minimum atomic E-state index is -0.863. The second-order valence-electron chi connectivity index (χ2n) is 7.28. The highest BCUT2D eigenvalue weighted by atomic mass is 35.5. The summed E-state index contributed by atoms with van der Waals surface area (Å²) < 4.78 is 12.9. The molecule has 0 aliphatic carbocycles. The molecule has 2 heterocycles. The number of carboxylic acid groups (broad SMARTS) is 1. The zero-order valence-electron chi connectivity index (χ0n) is 16.8. The molecule has 9 heteroatoms. The van der Waals surface area contributed by atoms with Crippen molar-refractivity contribution >= 4 is 40.1 Å². The van der Waals surface area contributed by atoms with Crippen LogP contribution < -0.4 is 4.74 Å². The number of halogens is 2. The van der Waals surface area contributed by atoms with Gasteiger partial charge in [-0.2, -0.15) is 4.98 Å². The van der Waals surface area contributed by atoms with Gasteiger partial charge in [0, 0.05) is 34.8 Å². The average molecular weight is 460 g/mol. The van der Waals surface area contributed by atoms with E-state index in [0.717, 1.165) is 16.5 Å². The summed E-state index contributed by atoms with van der Waals surface area (Å²) in [5.74, 6) is 0.466. The van der Waals surface area contributed by atoms with Gasteiger partial charge in [-0.3, -0.25) is 4.79 Å². The summed E-state index contributed by atoms with van der Waals surface area (Å²) >= 11 is 12.7. The van der Waals surface area contributed by atoms with E-state index >= 15 is 0 Å². The predicted molar refractivity (Wildman–Crippen MR) is 119 cm³/mol. The molecule has 0 fully saturated rings. The van der Waals surface area contributed by atoms with E-state index in [0.29, 0.717) is 39.6 Å². The molecule has 1 N–H and O–H groups in total. The van der Waals surface area contributed by atoms with Crippen LogP contribution in [0.3, 0.4) is 0 Å². The molecule has 7 nitrogen and oxygen atoms in total. The van der Waals surface area contributed by atoms with Crippen molar-refractivity contribution in [2.75, 3.05) is 0 Å². The van der Waals surface area contributed by atoms with Crippen molar-refractivity contribution in [3.8, 4) is 28.6 Å². The Morgan fingerprint density at radius 3 is 2.65 bits per heavy atom. The predicted octanol–water partition coefficient (Wildman–Crippen LogP) is 5.93. The van der Waals surface area contributed by atoms with Crippen molar-refractivity contribution in [3.05, 3.63) is 52.6 Å². The van der Waals surface area contributed by atoms with Crippen LogP contribution in [0.5, 0.6) is 5.75 Å². The first-order valence-corrected chi connectivity index (χ1v) is 10.4. The van der Waals surface area contributed by atoms with Crippen LogP contribution in [0.15, 0.2) is 47.1 Å². The zero-order chi connectivity index (χ0) is 22.1. The summed E-state index contributed by atoms with van der Waals surface area (Å²) in [4.78, 5) is 15.4. The number of carbonyl (C=O) groups is 1.